The van der Waals surface area contributed by atoms with Crippen LogP contribution in [0.2, 0.25) is 15.1 Å². The average molecular weight is 643 g/mol. The van der Waals surface area contributed by atoms with Crippen LogP contribution < -0.4 is 9.62 Å². The molecule has 0 aliphatic carbocycles. The number of hydrogen-bond donors (Lipinski definition) is 1. The highest BCUT2D eigenvalue weighted by molar-refractivity contribution is 7.92. The van der Waals surface area contributed by atoms with Gasteiger partial charge in [0.15, 0.2) is 0 Å². The van der Waals surface area contributed by atoms with Gasteiger partial charge in [0.05, 0.1) is 27.0 Å². The third-order valence-corrected chi connectivity index (χ3v) is 8.49. The number of benzene rings is 3. The third kappa shape index (κ3) is 9.07. The molecule has 12 heteroatoms. The van der Waals surface area contributed by atoms with Gasteiger partial charge in [0.25, 0.3) is 0 Å². The van der Waals surface area contributed by atoms with E-state index in [1.165, 1.54) is 35.2 Å². The fourth-order valence-corrected chi connectivity index (χ4v) is 5.71. The molecule has 0 saturated heterocycles. The van der Waals surface area contributed by atoms with Crippen molar-refractivity contribution < 1.29 is 22.4 Å². The molecule has 0 bridgehead atoms. The maximum Gasteiger partial charge on any atom is 0.244 e. The molecule has 0 aromatic heterocycles. The lowest BCUT2D eigenvalue weighted by Gasteiger charge is -2.33. The maximum atomic E-state index is 14.8. The average Bonchev–Trinajstić information content (AvgIpc) is 2.92. The van der Waals surface area contributed by atoms with E-state index in [4.69, 9.17) is 34.8 Å². The van der Waals surface area contributed by atoms with Crippen molar-refractivity contribution in [1.82, 2.24) is 10.2 Å². The predicted octanol–water partition coefficient (Wildman–Crippen LogP) is 6.11. The molecule has 3 aromatic carbocycles. The fraction of sp³-hybridized carbons (Fsp3) is 0.310. The predicted molar refractivity (Wildman–Crippen MR) is 162 cm³/mol. The molecule has 220 valence electrons. The number of unbranched alkanes of at least 4 members (excludes halogenated alkanes) is 1. The summed E-state index contributed by atoms with van der Waals surface area (Å²) in [5.41, 5.74) is 0.871. The van der Waals surface area contributed by atoms with Gasteiger partial charge in [0, 0.05) is 25.1 Å². The van der Waals surface area contributed by atoms with Crippen molar-refractivity contribution in [2.24, 2.45) is 0 Å². The smallest absolute Gasteiger partial charge is 0.244 e. The maximum absolute atomic E-state index is 14.8. The Morgan fingerprint density at radius 3 is 2.22 bits per heavy atom. The first kappa shape index (κ1) is 32.7. The number of rotatable bonds is 13. The Kier molecular flexibility index (Phi) is 11.8. The van der Waals surface area contributed by atoms with Gasteiger partial charge in [-0.25, -0.2) is 12.8 Å². The van der Waals surface area contributed by atoms with E-state index in [0.29, 0.717) is 6.54 Å². The van der Waals surface area contributed by atoms with Crippen molar-refractivity contribution in [3.8, 4) is 0 Å². The number of carbonyl (C=O) groups excluding carboxylic acids is 2. The molecule has 7 nitrogen and oxygen atoms in total. The van der Waals surface area contributed by atoms with Crippen LogP contribution in [0.4, 0.5) is 10.1 Å². The van der Waals surface area contributed by atoms with E-state index in [1.54, 1.807) is 6.07 Å². The van der Waals surface area contributed by atoms with Crippen LogP contribution in [0.15, 0.2) is 66.7 Å². The minimum atomic E-state index is -4.08. The van der Waals surface area contributed by atoms with Gasteiger partial charge in [0.2, 0.25) is 21.8 Å². The summed E-state index contributed by atoms with van der Waals surface area (Å²) >= 11 is 18.5. The van der Waals surface area contributed by atoms with Crippen molar-refractivity contribution in [3.05, 3.63) is 98.7 Å². The van der Waals surface area contributed by atoms with Gasteiger partial charge in [-0.05, 0) is 30.2 Å². The molecule has 1 N–H and O–H groups in total. The molecular weight excluding hydrogens is 612 g/mol. The first-order valence-corrected chi connectivity index (χ1v) is 15.9. The van der Waals surface area contributed by atoms with Gasteiger partial charge in [0.1, 0.15) is 18.4 Å². The molecule has 3 aromatic rings. The van der Waals surface area contributed by atoms with E-state index in [9.17, 15) is 22.4 Å². The second kappa shape index (κ2) is 14.9. The standard InChI is InChI=1S/C29H31Cl3FN3O4S/c1-3-4-14-34-29(38)27(15-20-10-6-5-7-11-20)35(18-21-12-8-9-13-25(21)33)28(37)19-36(41(2,39)40)26-17-23(31)22(30)16-24(26)32/h5-13,16-17,27H,3-4,14-15,18-19H2,1-2H3,(H,34,38)/t27-/m0/s1. The Hall–Kier alpha value is -2.85. The van der Waals surface area contributed by atoms with Gasteiger partial charge in [-0.2, -0.15) is 0 Å². The largest absolute Gasteiger partial charge is 0.354 e. The summed E-state index contributed by atoms with van der Waals surface area (Å²) in [7, 11) is -4.08. The topological polar surface area (TPSA) is 86.8 Å². The lowest BCUT2D eigenvalue weighted by molar-refractivity contribution is -0.140. The molecule has 0 heterocycles. The molecule has 2 amide bonds. The second-order valence-electron chi connectivity index (χ2n) is 9.45. The highest BCUT2D eigenvalue weighted by Gasteiger charge is 2.34. The van der Waals surface area contributed by atoms with Crippen LogP contribution >= 0.6 is 34.8 Å². The molecule has 3 rings (SSSR count). The highest BCUT2D eigenvalue weighted by Crippen LogP contribution is 2.35. The molecule has 0 saturated carbocycles. The Bertz CT molecular complexity index is 1480. The highest BCUT2D eigenvalue weighted by atomic mass is 35.5. The van der Waals surface area contributed by atoms with Crippen LogP contribution in [-0.4, -0.2) is 50.5 Å². The number of nitrogens with zero attached hydrogens (tertiary/aromatic N) is 2. The molecule has 1 atom stereocenters. The summed E-state index contributed by atoms with van der Waals surface area (Å²) in [6, 6.07) is 16.4. The molecular formula is C29H31Cl3FN3O4S. The van der Waals surface area contributed by atoms with Crippen molar-refractivity contribution >= 4 is 62.3 Å². The molecule has 0 spiro atoms. The van der Waals surface area contributed by atoms with E-state index in [2.05, 4.69) is 5.32 Å². The number of halogens is 4. The lowest BCUT2D eigenvalue weighted by Crippen LogP contribution is -2.53. The first-order valence-electron chi connectivity index (χ1n) is 12.9. The summed E-state index contributed by atoms with van der Waals surface area (Å²) in [4.78, 5) is 28.8. The van der Waals surface area contributed by atoms with E-state index < -0.39 is 40.2 Å². The SMILES string of the molecule is CCCCNC(=O)[C@H](Cc1ccccc1)N(Cc1ccccc1F)C(=O)CN(c1cc(Cl)c(Cl)cc1Cl)S(C)(=O)=O. The van der Waals surface area contributed by atoms with Crippen LogP contribution in [0, 0.1) is 5.82 Å². The Labute approximate surface area is 255 Å². The number of carbonyl (C=O) groups is 2. The summed E-state index contributed by atoms with van der Waals surface area (Å²) in [6.07, 6.45) is 2.60. The molecule has 41 heavy (non-hydrogen) atoms. The normalized spacial score (nSPS) is 12.0. The van der Waals surface area contributed by atoms with Gasteiger partial charge in [-0.3, -0.25) is 13.9 Å². The number of sulfonamides is 1. The van der Waals surface area contributed by atoms with Gasteiger partial charge >= 0.3 is 0 Å². The van der Waals surface area contributed by atoms with Crippen LogP contribution in [-0.2, 0) is 32.6 Å². The minimum Gasteiger partial charge on any atom is -0.354 e. The monoisotopic (exact) mass is 641 g/mol. The number of amides is 2. The van der Waals surface area contributed by atoms with Crippen LogP contribution in [0.1, 0.15) is 30.9 Å². The van der Waals surface area contributed by atoms with E-state index in [1.807, 2.05) is 37.3 Å². The summed E-state index contributed by atoms with van der Waals surface area (Å²) in [6.45, 7) is 1.36. The van der Waals surface area contributed by atoms with Crippen LogP contribution in [0.3, 0.4) is 0 Å². The first-order chi connectivity index (χ1) is 19.4. The number of hydrogen-bond acceptors (Lipinski definition) is 4. The fourth-order valence-electron chi connectivity index (χ4n) is 4.17. The molecule has 0 unspecified atom stereocenters. The van der Waals surface area contributed by atoms with Crippen molar-refractivity contribution in [3.63, 3.8) is 0 Å². The molecule has 0 aliphatic heterocycles. The Morgan fingerprint density at radius 2 is 1.59 bits per heavy atom. The Balaban J connectivity index is 2.08. The third-order valence-electron chi connectivity index (χ3n) is 6.34. The van der Waals surface area contributed by atoms with Gasteiger partial charge in [-0.1, -0.05) is 96.7 Å². The van der Waals surface area contributed by atoms with E-state index >= 15 is 0 Å². The number of nitrogens with one attached hydrogen (secondary N) is 1. The zero-order chi connectivity index (χ0) is 30.2. The van der Waals surface area contributed by atoms with E-state index in [-0.39, 0.29) is 39.3 Å². The summed E-state index contributed by atoms with van der Waals surface area (Å²) in [5.74, 6) is -1.75. The van der Waals surface area contributed by atoms with Gasteiger partial charge < -0.3 is 10.2 Å². The lowest BCUT2D eigenvalue weighted by atomic mass is 10.0. The minimum absolute atomic E-state index is 0.0348. The Morgan fingerprint density at radius 1 is 0.951 bits per heavy atom. The van der Waals surface area contributed by atoms with Crippen molar-refractivity contribution in [1.29, 1.82) is 0 Å². The summed E-state index contributed by atoms with van der Waals surface area (Å²) < 4.78 is 41.4. The van der Waals surface area contributed by atoms with Gasteiger partial charge in [-0.15, -0.1) is 0 Å². The van der Waals surface area contributed by atoms with Crippen molar-refractivity contribution in [2.45, 2.75) is 38.8 Å². The van der Waals surface area contributed by atoms with Crippen LogP contribution in [0.5, 0.6) is 0 Å². The summed E-state index contributed by atoms with van der Waals surface area (Å²) in [5, 5.41) is 2.96. The molecule has 0 radical (unpaired) electrons. The molecule has 0 fully saturated rings. The zero-order valence-corrected chi connectivity index (χ0v) is 25.7. The zero-order valence-electron chi connectivity index (χ0n) is 22.6. The molecule has 0 aliphatic rings. The quantitative estimate of drug-likeness (QED) is 0.180. The van der Waals surface area contributed by atoms with E-state index in [0.717, 1.165) is 29.0 Å². The van der Waals surface area contributed by atoms with Crippen molar-refractivity contribution in [2.75, 3.05) is 23.7 Å². The number of anilines is 1. The van der Waals surface area contributed by atoms with Crippen LogP contribution in [0.25, 0.3) is 0 Å². The second-order valence-corrected chi connectivity index (χ2v) is 12.6.